The first-order valence-electron chi connectivity index (χ1n) is 7.66. The van der Waals surface area contributed by atoms with E-state index < -0.39 is 15.8 Å². The zero-order chi connectivity index (χ0) is 16.1. The summed E-state index contributed by atoms with van der Waals surface area (Å²) in [5.74, 6) is -0.741. The summed E-state index contributed by atoms with van der Waals surface area (Å²) in [6, 6.07) is 0. The van der Waals surface area contributed by atoms with Gasteiger partial charge in [-0.15, -0.1) is 0 Å². The summed E-state index contributed by atoms with van der Waals surface area (Å²) in [5.41, 5.74) is 0. The fourth-order valence-electron chi connectivity index (χ4n) is 1.90. The molecule has 0 unspecified atom stereocenters. The summed E-state index contributed by atoms with van der Waals surface area (Å²) in [6.07, 6.45) is 14.1. The van der Waals surface area contributed by atoms with Crippen LogP contribution in [0.4, 0.5) is 0 Å². The van der Waals surface area contributed by atoms with E-state index in [1.807, 2.05) is 6.08 Å². The minimum Gasteiger partial charge on any atom is -0.481 e. The maximum absolute atomic E-state index is 11.6. The van der Waals surface area contributed by atoms with Crippen molar-refractivity contribution in [1.82, 2.24) is 0 Å². The first-order chi connectivity index (χ1) is 9.88. The van der Waals surface area contributed by atoms with Crippen molar-refractivity contribution in [2.24, 2.45) is 0 Å². The molecule has 0 aromatic carbocycles. The predicted octanol–water partition coefficient (Wildman–Crippen LogP) is 4.09. The Morgan fingerprint density at radius 2 is 1.67 bits per heavy atom. The normalized spacial score (nSPS) is 13.0. The number of hydrogen-bond acceptors (Lipinski definition) is 3. The third-order valence-electron chi connectivity index (χ3n) is 3.11. The number of unbranched alkanes of at least 4 members (excludes halogenated alkanes) is 6. The highest BCUT2D eigenvalue weighted by Gasteiger charge is 2.06. The second kappa shape index (κ2) is 11.5. The molecule has 0 radical (unpaired) electrons. The molecule has 0 aliphatic rings. The van der Waals surface area contributed by atoms with E-state index in [0.29, 0.717) is 4.91 Å². The molecule has 122 valence electrons. The molecule has 0 heterocycles. The number of hydrogen-bond donors (Lipinski definition) is 1. The fourth-order valence-corrected chi connectivity index (χ4v) is 2.67. The van der Waals surface area contributed by atoms with Crippen molar-refractivity contribution in [2.45, 2.75) is 64.7 Å². The van der Waals surface area contributed by atoms with Crippen molar-refractivity contribution in [3.63, 3.8) is 0 Å². The molecule has 0 aliphatic heterocycles. The van der Waals surface area contributed by atoms with Crippen LogP contribution in [-0.2, 0) is 14.6 Å². The molecule has 0 saturated heterocycles. The Morgan fingerprint density at radius 3 is 2.24 bits per heavy atom. The minimum absolute atomic E-state index is 0.236. The van der Waals surface area contributed by atoms with E-state index in [-0.39, 0.29) is 6.42 Å². The molecule has 0 atom stereocenters. The summed E-state index contributed by atoms with van der Waals surface area (Å²) >= 11 is 0. The number of sulfone groups is 1. The monoisotopic (exact) mass is 316 g/mol. The second-order valence-electron chi connectivity index (χ2n) is 5.27. The van der Waals surface area contributed by atoms with Crippen molar-refractivity contribution in [2.75, 3.05) is 6.26 Å². The van der Waals surface area contributed by atoms with E-state index in [1.165, 1.54) is 6.26 Å². The van der Waals surface area contributed by atoms with Crippen LogP contribution in [0.15, 0.2) is 23.1 Å². The van der Waals surface area contributed by atoms with Crippen LogP contribution in [0, 0.1) is 0 Å². The lowest BCUT2D eigenvalue weighted by atomic mass is 10.1. The molecular weight excluding hydrogens is 288 g/mol. The summed E-state index contributed by atoms with van der Waals surface area (Å²) in [6.45, 7) is 2.05. The van der Waals surface area contributed by atoms with Gasteiger partial charge in [0.05, 0.1) is 4.91 Å². The Hall–Kier alpha value is -1.10. The van der Waals surface area contributed by atoms with Crippen LogP contribution in [-0.4, -0.2) is 25.7 Å². The van der Waals surface area contributed by atoms with Gasteiger partial charge in [0.2, 0.25) is 0 Å². The van der Waals surface area contributed by atoms with E-state index in [1.54, 1.807) is 12.2 Å². The van der Waals surface area contributed by atoms with E-state index in [9.17, 15) is 13.2 Å². The van der Waals surface area contributed by atoms with Gasteiger partial charge in [0.25, 0.3) is 0 Å². The SMILES string of the molecule is CCCC=C/C(=C\CCCCCCCC(=O)O)S(C)(=O)=O. The Morgan fingerprint density at radius 1 is 1.05 bits per heavy atom. The lowest BCUT2D eigenvalue weighted by molar-refractivity contribution is -0.137. The molecule has 0 aromatic rings. The highest BCUT2D eigenvalue weighted by Crippen LogP contribution is 2.13. The minimum atomic E-state index is -3.15. The molecule has 21 heavy (non-hydrogen) atoms. The van der Waals surface area contributed by atoms with Gasteiger partial charge in [-0.2, -0.15) is 0 Å². The first-order valence-corrected chi connectivity index (χ1v) is 9.55. The molecular formula is C16H28O4S. The van der Waals surface area contributed by atoms with Crippen LogP contribution < -0.4 is 0 Å². The lowest BCUT2D eigenvalue weighted by Crippen LogP contribution is -1.98. The second-order valence-corrected chi connectivity index (χ2v) is 7.29. The van der Waals surface area contributed by atoms with Gasteiger partial charge in [0.15, 0.2) is 9.84 Å². The van der Waals surface area contributed by atoms with Crippen molar-refractivity contribution < 1.29 is 18.3 Å². The number of aliphatic carboxylic acids is 1. The Kier molecular flexibility index (Phi) is 10.9. The van der Waals surface area contributed by atoms with Gasteiger partial charge in [-0.3, -0.25) is 4.79 Å². The van der Waals surface area contributed by atoms with Crippen LogP contribution in [0.2, 0.25) is 0 Å². The number of allylic oxidation sites excluding steroid dienone is 3. The third kappa shape index (κ3) is 12.4. The first kappa shape index (κ1) is 19.9. The molecule has 4 nitrogen and oxygen atoms in total. The molecule has 0 bridgehead atoms. The van der Waals surface area contributed by atoms with Gasteiger partial charge in [0.1, 0.15) is 0 Å². The van der Waals surface area contributed by atoms with Crippen molar-refractivity contribution in [1.29, 1.82) is 0 Å². The molecule has 0 amide bonds. The summed E-state index contributed by atoms with van der Waals surface area (Å²) in [5, 5.41) is 8.51. The average Bonchev–Trinajstić information content (AvgIpc) is 2.38. The molecule has 0 rings (SSSR count). The highest BCUT2D eigenvalue weighted by atomic mass is 32.2. The summed E-state index contributed by atoms with van der Waals surface area (Å²) in [4.78, 5) is 10.7. The zero-order valence-electron chi connectivity index (χ0n) is 13.2. The summed E-state index contributed by atoms with van der Waals surface area (Å²) < 4.78 is 23.2. The van der Waals surface area contributed by atoms with Gasteiger partial charge >= 0.3 is 5.97 Å². The number of carboxylic acids is 1. The predicted molar refractivity (Wildman–Crippen MR) is 86.9 cm³/mol. The molecule has 5 heteroatoms. The quantitative estimate of drug-likeness (QED) is 0.435. The van der Waals surface area contributed by atoms with E-state index >= 15 is 0 Å². The molecule has 0 saturated carbocycles. The van der Waals surface area contributed by atoms with Gasteiger partial charge in [0, 0.05) is 12.7 Å². The number of rotatable bonds is 12. The van der Waals surface area contributed by atoms with Crippen LogP contribution in [0.25, 0.3) is 0 Å². The Labute approximate surface area is 128 Å². The van der Waals surface area contributed by atoms with Gasteiger partial charge in [-0.05, 0) is 31.8 Å². The lowest BCUT2D eigenvalue weighted by Gasteiger charge is -2.01. The van der Waals surface area contributed by atoms with Crippen molar-refractivity contribution >= 4 is 15.8 Å². The average molecular weight is 316 g/mol. The molecule has 0 spiro atoms. The van der Waals surface area contributed by atoms with E-state index in [4.69, 9.17) is 5.11 Å². The summed E-state index contributed by atoms with van der Waals surface area (Å²) in [7, 11) is -3.15. The maximum Gasteiger partial charge on any atom is 0.303 e. The molecule has 0 fully saturated rings. The van der Waals surface area contributed by atoms with Gasteiger partial charge in [-0.1, -0.05) is 44.8 Å². The molecule has 0 aromatic heterocycles. The van der Waals surface area contributed by atoms with Gasteiger partial charge in [-0.25, -0.2) is 8.42 Å². The zero-order valence-corrected chi connectivity index (χ0v) is 14.0. The Bertz CT molecular complexity index is 447. The maximum atomic E-state index is 11.6. The third-order valence-corrected chi connectivity index (χ3v) is 4.26. The molecule has 0 aliphatic carbocycles. The van der Waals surface area contributed by atoms with Gasteiger partial charge < -0.3 is 5.11 Å². The van der Waals surface area contributed by atoms with Crippen LogP contribution in [0.3, 0.4) is 0 Å². The Balaban J connectivity index is 4.02. The van der Waals surface area contributed by atoms with Crippen LogP contribution >= 0.6 is 0 Å². The van der Waals surface area contributed by atoms with Crippen LogP contribution in [0.1, 0.15) is 64.7 Å². The van der Waals surface area contributed by atoms with E-state index in [2.05, 4.69) is 6.92 Å². The topological polar surface area (TPSA) is 71.4 Å². The fraction of sp³-hybridized carbons (Fsp3) is 0.688. The standard InChI is InChI=1S/C16H28O4S/c1-3-4-9-12-15(21(2,19)20)13-10-7-5-6-8-11-14-16(17)18/h9,12-13H,3-8,10-11,14H2,1-2H3,(H,17,18)/b12-9?,15-13+. The van der Waals surface area contributed by atoms with Crippen molar-refractivity contribution in [3.05, 3.63) is 23.1 Å². The van der Waals surface area contributed by atoms with Crippen molar-refractivity contribution in [3.8, 4) is 0 Å². The largest absolute Gasteiger partial charge is 0.481 e. The highest BCUT2D eigenvalue weighted by molar-refractivity contribution is 7.94. The van der Waals surface area contributed by atoms with E-state index in [0.717, 1.165) is 51.4 Å². The number of carboxylic acid groups (broad SMARTS) is 1. The smallest absolute Gasteiger partial charge is 0.303 e. The van der Waals surface area contributed by atoms with Crippen LogP contribution in [0.5, 0.6) is 0 Å². The number of carbonyl (C=O) groups is 1. The molecule has 1 N–H and O–H groups in total.